The summed E-state index contributed by atoms with van der Waals surface area (Å²) in [6, 6.07) is 4.30. The fourth-order valence-corrected chi connectivity index (χ4v) is 3.20. The Morgan fingerprint density at radius 3 is 2.31 bits per heavy atom. The van der Waals surface area contributed by atoms with Crippen LogP contribution >= 0.6 is 0 Å². The van der Waals surface area contributed by atoms with Crippen LogP contribution in [0.25, 0.3) is 0 Å². The van der Waals surface area contributed by atoms with E-state index in [-0.39, 0.29) is 30.2 Å². The van der Waals surface area contributed by atoms with Crippen LogP contribution in [0.3, 0.4) is 0 Å². The van der Waals surface area contributed by atoms with Crippen LogP contribution in [0.4, 0.5) is 4.39 Å². The number of ketones is 1. The van der Waals surface area contributed by atoms with E-state index in [9.17, 15) is 18.8 Å². The van der Waals surface area contributed by atoms with Gasteiger partial charge in [-0.25, -0.2) is 9.18 Å². The van der Waals surface area contributed by atoms with E-state index in [4.69, 9.17) is 9.47 Å². The summed E-state index contributed by atoms with van der Waals surface area (Å²) in [5, 5.41) is 0. The molecule has 1 heterocycles. The third-order valence-electron chi connectivity index (χ3n) is 4.81. The smallest absolute Gasteiger partial charge is 0.354 e. The van der Waals surface area contributed by atoms with E-state index in [0.717, 1.165) is 0 Å². The van der Waals surface area contributed by atoms with Crippen LogP contribution in [-0.4, -0.2) is 61.0 Å². The summed E-state index contributed by atoms with van der Waals surface area (Å²) < 4.78 is 23.0. The lowest BCUT2D eigenvalue weighted by atomic mass is 9.99. The van der Waals surface area contributed by atoms with Gasteiger partial charge in [-0.2, -0.15) is 0 Å². The number of halogens is 1. The van der Waals surface area contributed by atoms with Gasteiger partial charge in [-0.15, -0.1) is 0 Å². The lowest BCUT2D eigenvalue weighted by Crippen LogP contribution is -2.45. The van der Waals surface area contributed by atoms with Crippen molar-refractivity contribution < 1.29 is 28.2 Å². The minimum atomic E-state index is -0.832. The molecule has 0 spiro atoms. The second kappa shape index (κ2) is 9.47. The molecule has 0 saturated carbocycles. The number of aryl methyl sites for hydroxylation is 1. The van der Waals surface area contributed by atoms with Crippen molar-refractivity contribution in [3.63, 3.8) is 0 Å². The summed E-state index contributed by atoms with van der Waals surface area (Å²) in [4.78, 5) is 42.4. The van der Waals surface area contributed by atoms with Crippen LogP contribution in [0.5, 0.6) is 0 Å². The molecule has 0 fully saturated rings. The number of Topliss-reactive ketones (excluding diaryl/α,β-unsaturated/α-hetero) is 1. The maximum absolute atomic E-state index is 13.2. The van der Waals surface area contributed by atoms with E-state index >= 15 is 0 Å². The van der Waals surface area contributed by atoms with E-state index in [1.807, 2.05) is 0 Å². The topological polar surface area (TPSA) is 88.7 Å². The summed E-state index contributed by atoms with van der Waals surface area (Å²) in [7, 11) is 2.76. The Bertz CT molecular complexity index is 905. The number of methoxy groups -OCH3 is 2. The summed E-state index contributed by atoms with van der Waals surface area (Å²) in [6.45, 7) is 5.34. The van der Waals surface area contributed by atoms with Crippen molar-refractivity contribution in [2.45, 2.75) is 26.8 Å². The number of ether oxygens (including phenoxy) is 2. The van der Waals surface area contributed by atoms with Crippen LogP contribution < -0.4 is 0 Å². The van der Waals surface area contributed by atoms with Crippen molar-refractivity contribution in [1.82, 2.24) is 9.88 Å². The molecule has 8 heteroatoms. The molecule has 1 amide bonds. The monoisotopic (exact) mass is 404 g/mol. The van der Waals surface area contributed by atoms with Crippen molar-refractivity contribution in [2.75, 3.05) is 27.4 Å². The molecule has 1 atom stereocenters. The third-order valence-corrected chi connectivity index (χ3v) is 4.81. The Balaban J connectivity index is 2.38. The molecular weight excluding hydrogens is 379 g/mol. The Hall–Kier alpha value is -3.00. The second-order valence-electron chi connectivity index (χ2n) is 6.66. The van der Waals surface area contributed by atoms with Crippen molar-refractivity contribution in [3.8, 4) is 0 Å². The van der Waals surface area contributed by atoms with Gasteiger partial charge in [0.1, 0.15) is 11.5 Å². The maximum Gasteiger partial charge on any atom is 0.354 e. The molecule has 1 N–H and O–H groups in total. The quantitative estimate of drug-likeness (QED) is 0.540. The zero-order valence-corrected chi connectivity index (χ0v) is 17.2. The molecule has 0 aliphatic heterocycles. The molecule has 1 aromatic heterocycles. The number of hydrogen-bond acceptors (Lipinski definition) is 5. The Morgan fingerprint density at radius 1 is 1.14 bits per heavy atom. The molecule has 0 aliphatic rings. The molecule has 1 aromatic carbocycles. The molecule has 2 rings (SSSR count). The minimum absolute atomic E-state index is 0.173. The number of aromatic amines is 1. The van der Waals surface area contributed by atoms with Gasteiger partial charge in [0.25, 0.3) is 5.91 Å². The van der Waals surface area contributed by atoms with Crippen LogP contribution in [0, 0.1) is 19.7 Å². The average molecular weight is 404 g/mol. The fraction of sp³-hybridized carbons (Fsp3) is 0.381. The number of carbonyl (C=O) groups is 3. The minimum Gasteiger partial charge on any atom is -0.464 e. The van der Waals surface area contributed by atoms with E-state index in [1.165, 1.54) is 43.4 Å². The molecule has 0 saturated heterocycles. The van der Waals surface area contributed by atoms with Gasteiger partial charge in [0, 0.05) is 30.5 Å². The van der Waals surface area contributed by atoms with Gasteiger partial charge in [0.15, 0.2) is 5.78 Å². The lowest BCUT2D eigenvalue weighted by molar-refractivity contribution is 0.0563. The zero-order valence-electron chi connectivity index (χ0n) is 17.2. The summed E-state index contributed by atoms with van der Waals surface area (Å²) >= 11 is 0. The van der Waals surface area contributed by atoms with Gasteiger partial charge in [0.2, 0.25) is 0 Å². The largest absolute Gasteiger partial charge is 0.464 e. The standard InChI is InChI=1S/C21H25FN2O5/c1-12-17(13(2)23-18(12)21(27)29-5)19(25)14(3)24(10-11-28-4)20(26)15-6-8-16(22)9-7-15/h6-9,14,23H,10-11H2,1-5H3. The highest BCUT2D eigenvalue weighted by Crippen LogP contribution is 2.22. The normalized spacial score (nSPS) is 11.8. The average Bonchev–Trinajstić information content (AvgIpc) is 3.01. The number of rotatable bonds is 8. The van der Waals surface area contributed by atoms with Gasteiger partial charge in [-0.05, 0) is 50.6 Å². The van der Waals surface area contributed by atoms with Crippen molar-refractivity contribution in [2.24, 2.45) is 0 Å². The predicted octanol–water partition coefficient (Wildman–Crippen LogP) is 2.92. The van der Waals surface area contributed by atoms with Gasteiger partial charge in [-0.3, -0.25) is 9.59 Å². The number of benzene rings is 1. The van der Waals surface area contributed by atoms with Crippen LogP contribution in [0.2, 0.25) is 0 Å². The molecular formula is C21H25FN2O5. The summed E-state index contributed by atoms with van der Waals surface area (Å²) in [5.74, 6) is -1.76. The SMILES string of the molecule is COCCN(C(=O)c1ccc(F)cc1)C(C)C(=O)c1c(C)[nH]c(C(=O)OC)c1C. The van der Waals surface area contributed by atoms with Crippen LogP contribution in [0.1, 0.15) is 49.4 Å². The summed E-state index contributed by atoms with van der Waals surface area (Å²) in [6.07, 6.45) is 0. The highest BCUT2D eigenvalue weighted by atomic mass is 19.1. The number of carbonyl (C=O) groups excluding carboxylic acids is 3. The van der Waals surface area contributed by atoms with Crippen molar-refractivity contribution >= 4 is 17.7 Å². The number of aromatic nitrogens is 1. The lowest BCUT2D eigenvalue weighted by Gasteiger charge is -2.28. The van der Waals surface area contributed by atoms with Gasteiger partial charge in [0.05, 0.1) is 19.8 Å². The third kappa shape index (κ3) is 4.71. The molecule has 1 unspecified atom stereocenters. The molecule has 156 valence electrons. The highest BCUT2D eigenvalue weighted by molar-refractivity contribution is 6.07. The molecule has 2 aromatic rings. The first-order valence-corrected chi connectivity index (χ1v) is 9.10. The molecule has 0 bridgehead atoms. The summed E-state index contributed by atoms with van der Waals surface area (Å²) in [5.41, 5.74) is 1.79. The number of nitrogens with one attached hydrogen (secondary N) is 1. The molecule has 0 aliphatic carbocycles. The molecule has 7 nitrogen and oxygen atoms in total. The van der Waals surface area contributed by atoms with Gasteiger partial charge in [-0.1, -0.05) is 0 Å². The second-order valence-corrected chi connectivity index (χ2v) is 6.66. The Kier molecular flexibility index (Phi) is 7.28. The van der Waals surface area contributed by atoms with Crippen molar-refractivity contribution in [3.05, 3.63) is 58.2 Å². The first-order valence-electron chi connectivity index (χ1n) is 9.10. The van der Waals surface area contributed by atoms with Crippen LogP contribution in [-0.2, 0) is 9.47 Å². The Morgan fingerprint density at radius 2 is 1.76 bits per heavy atom. The number of amides is 1. The first-order chi connectivity index (χ1) is 13.7. The van der Waals surface area contributed by atoms with Crippen molar-refractivity contribution in [1.29, 1.82) is 0 Å². The number of H-pyrrole nitrogens is 1. The van der Waals surface area contributed by atoms with Gasteiger partial charge < -0.3 is 19.4 Å². The highest BCUT2D eigenvalue weighted by Gasteiger charge is 2.31. The van der Waals surface area contributed by atoms with E-state index < -0.39 is 23.7 Å². The predicted molar refractivity (Wildman–Crippen MR) is 105 cm³/mol. The maximum atomic E-state index is 13.2. The van der Waals surface area contributed by atoms with Gasteiger partial charge >= 0.3 is 5.97 Å². The molecule has 0 radical (unpaired) electrons. The number of esters is 1. The van der Waals surface area contributed by atoms with E-state index in [0.29, 0.717) is 16.8 Å². The molecule has 29 heavy (non-hydrogen) atoms. The van der Waals surface area contributed by atoms with Crippen LogP contribution in [0.15, 0.2) is 24.3 Å². The number of hydrogen-bond donors (Lipinski definition) is 1. The van der Waals surface area contributed by atoms with E-state index in [1.54, 1.807) is 20.8 Å². The van der Waals surface area contributed by atoms with E-state index in [2.05, 4.69) is 4.98 Å². The fourth-order valence-electron chi connectivity index (χ4n) is 3.20. The zero-order chi connectivity index (χ0) is 21.7. The first kappa shape index (κ1) is 22.3. The number of nitrogens with zero attached hydrogens (tertiary/aromatic N) is 1. The Labute approximate surface area is 168 Å².